The van der Waals surface area contributed by atoms with Crippen LogP contribution in [0.3, 0.4) is 0 Å². The number of anilines is 1. The van der Waals surface area contributed by atoms with E-state index < -0.39 is 34.7 Å². The van der Waals surface area contributed by atoms with Crippen LogP contribution in [0, 0.1) is 5.82 Å². The smallest absolute Gasteiger partial charge is 0.335 e. The number of amides is 1. The molecule has 4 aromatic rings. The number of ether oxygens (including phenoxy) is 1. The number of aromatic carboxylic acids is 1. The first-order valence-corrected chi connectivity index (χ1v) is 13.5. The molecule has 1 atom stereocenters. The SMILES string of the molecule is COc1nn([C@@H](Cc2ccccc2)C(=O)Nc2ccc(C(=O)O)c(C(C)(C)C)c2)c(=O)cc1-c1cc(F)ccc1C(C)=O. The zero-order chi connectivity index (χ0) is 31.5. The van der Waals surface area contributed by atoms with Crippen molar-refractivity contribution < 1.29 is 28.6 Å². The van der Waals surface area contributed by atoms with E-state index in [4.69, 9.17) is 4.74 Å². The first kappa shape index (κ1) is 30.8. The van der Waals surface area contributed by atoms with Gasteiger partial charge in [0.2, 0.25) is 11.8 Å². The molecule has 0 fully saturated rings. The second kappa shape index (κ2) is 12.4. The summed E-state index contributed by atoms with van der Waals surface area (Å²) in [6, 6.07) is 17.2. The molecule has 0 bridgehead atoms. The van der Waals surface area contributed by atoms with Gasteiger partial charge in [-0.2, -0.15) is 0 Å². The zero-order valence-electron chi connectivity index (χ0n) is 24.5. The first-order valence-electron chi connectivity index (χ1n) is 13.5. The molecular weight excluding hydrogens is 553 g/mol. The number of carboxylic acids is 1. The lowest BCUT2D eigenvalue weighted by Gasteiger charge is -2.24. The quantitative estimate of drug-likeness (QED) is 0.242. The fraction of sp³-hybridized carbons (Fsp3) is 0.242. The Bertz CT molecular complexity index is 1760. The summed E-state index contributed by atoms with van der Waals surface area (Å²) in [6.07, 6.45) is 0.0834. The molecule has 2 N–H and O–H groups in total. The molecule has 1 heterocycles. The Morgan fingerprint density at radius 2 is 1.65 bits per heavy atom. The number of ketones is 1. The second-order valence-electron chi connectivity index (χ2n) is 11.1. The fourth-order valence-corrected chi connectivity index (χ4v) is 4.85. The van der Waals surface area contributed by atoms with E-state index in [1.54, 1.807) is 18.2 Å². The number of carbonyl (C=O) groups is 3. The van der Waals surface area contributed by atoms with Crippen molar-refractivity contribution >= 4 is 23.3 Å². The van der Waals surface area contributed by atoms with E-state index >= 15 is 0 Å². The summed E-state index contributed by atoms with van der Waals surface area (Å²) >= 11 is 0. The number of nitrogens with one attached hydrogen (secondary N) is 1. The van der Waals surface area contributed by atoms with Crippen LogP contribution in [0.15, 0.2) is 77.6 Å². The number of methoxy groups -OCH3 is 1. The number of rotatable bonds is 9. The second-order valence-corrected chi connectivity index (χ2v) is 11.1. The molecule has 0 radical (unpaired) electrons. The van der Waals surface area contributed by atoms with Crippen LogP contribution in [0.2, 0.25) is 0 Å². The van der Waals surface area contributed by atoms with Crippen molar-refractivity contribution in [1.82, 2.24) is 9.78 Å². The van der Waals surface area contributed by atoms with Crippen LogP contribution in [-0.4, -0.2) is 39.7 Å². The van der Waals surface area contributed by atoms with Gasteiger partial charge in [0.05, 0.1) is 18.2 Å². The van der Waals surface area contributed by atoms with Gasteiger partial charge in [0, 0.05) is 29.3 Å². The highest BCUT2D eigenvalue weighted by molar-refractivity contribution is 6.01. The fourth-order valence-electron chi connectivity index (χ4n) is 4.85. The summed E-state index contributed by atoms with van der Waals surface area (Å²) in [5.74, 6) is -2.70. The van der Waals surface area contributed by atoms with Crippen molar-refractivity contribution in [3.63, 3.8) is 0 Å². The molecule has 0 aliphatic heterocycles. The lowest BCUT2D eigenvalue weighted by molar-refractivity contribution is -0.119. The molecular formula is C33H32FN3O6. The molecule has 10 heteroatoms. The third-order valence-corrected chi connectivity index (χ3v) is 6.96. The zero-order valence-corrected chi connectivity index (χ0v) is 24.5. The predicted octanol–water partition coefficient (Wildman–Crippen LogP) is 5.68. The van der Waals surface area contributed by atoms with Gasteiger partial charge in [0.15, 0.2) is 5.78 Å². The van der Waals surface area contributed by atoms with Crippen LogP contribution in [0.4, 0.5) is 10.1 Å². The summed E-state index contributed by atoms with van der Waals surface area (Å²) in [6.45, 7) is 6.93. The predicted molar refractivity (Wildman–Crippen MR) is 160 cm³/mol. The number of benzene rings is 3. The molecule has 4 rings (SSSR count). The Kier molecular flexibility index (Phi) is 8.89. The van der Waals surface area contributed by atoms with Gasteiger partial charge < -0.3 is 15.2 Å². The minimum absolute atomic E-state index is 0.0834. The molecule has 9 nitrogen and oxygen atoms in total. The number of carbonyl (C=O) groups excluding carboxylic acids is 2. The van der Waals surface area contributed by atoms with Crippen LogP contribution in [-0.2, 0) is 16.6 Å². The molecule has 0 unspecified atom stereocenters. The number of hydrogen-bond acceptors (Lipinski definition) is 6. The van der Waals surface area contributed by atoms with Gasteiger partial charge in [-0.05, 0) is 59.9 Å². The van der Waals surface area contributed by atoms with Crippen molar-refractivity contribution in [3.05, 3.63) is 111 Å². The largest absolute Gasteiger partial charge is 0.480 e. The van der Waals surface area contributed by atoms with E-state index in [0.717, 1.165) is 28.4 Å². The summed E-state index contributed by atoms with van der Waals surface area (Å²) < 4.78 is 20.7. The number of halogens is 1. The van der Waals surface area contributed by atoms with E-state index in [0.29, 0.717) is 11.3 Å². The highest BCUT2D eigenvalue weighted by atomic mass is 19.1. The maximum atomic E-state index is 14.2. The molecule has 222 valence electrons. The Morgan fingerprint density at radius 3 is 2.26 bits per heavy atom. The molecule has 43 heavy (non-hydrogen) atoms. The maximum absolute atomic E-state index is 14.2. The van der Waals surface area contributed by atoms with Crippen molar-refractivity contribution in [1.29, 1.82) is 0 Å². The minimum Gasteiger partial charge on any atom is -0.480 e. The van der Waals surface area contributed by atoms with Gasteiger partial charge in [-0.1, -0.05) is 51.1 Å². The Morgan fingerprint density at radius 1 is 0.977 bits per heavy atom. The van der Waals surface area contributed by atoms with Crippen molar-refractivity contribution in [3.8, 4) is 17.0 Å². The van der Waals surface area contributed by atoms with E-state index in [1.807, 2.05) is 39.0 Å². The standard InChI is InChI=1S/C33H32FN3O6/c1-19(38)23-13-11-21(34)16-25(23)26-18-29(39)37(36-31(26)43-5)28(15-20-9-7-6-8-10-20)30(40)35-22-12-14-24(32(41)42)27(17-22)33(2,3)4/h6-14,16-18,28H,15H2,1-5H3,(H,35,40)(H,41,42)/t28-/m0/s1. The third-order valence-electron chi connectivity index (χ3n) is 6.96. The maximum Gasteiger partial charge on any atom is 0.335 e. The van der Waals surface area contributed by atoms with Crippen LogP contribution in [0.25, 0.3) is 11.1 Å². The van der Waals surface area contributed by atoms with E-state index in [9.17, 15) is 28.7 Å². The highest BCUT2D eigenvalue weighted by Gasteiger charge is 2.28. The summed E-state index contributed by atoms with van der Waals surface area (Å²) in [4.78, 5) is 51.5. The normalized spacial score (nSPS) is 12.0. The van der Waals surface area contributed by atoms with Crippen LogP contribution in [0.1, 0.15) is 65.6 Å². The lowest BCUT2D eigenvalue weighted by Crippen LogP contribution is -2.36. The number of carboxylic acid groups (broad SMARTS) is 1. The number of hydrogen-bond donors (Lipinski definition) is 2. The van der Waals surface area contributed by atoms with E-state index in [1.165, 1.54) is 32.2 Å². The summed E-state index contributed by atoms with van der Waals surface area (Å²) in [5.41, 5.74) is 0.945. The van der Waals surface area contributed by atoms with Crippen LogP contribution in [0.5, 0.6) is 5.88 Å². The van der Waals surface area contributed by atoms with Crippen molar-refractivity contribution in [2.75, 3.05) is 12.4 Å². The van der Waals surface area contributed by atoms with E-state index in [-0.39, 0.29) is 40.3 Å². The molecule has 0 aliphatic carbocycles. The minimum atomic E-state index is -1.16. The molecule has 0 spiro atoms. The van der Waals surface area contributed by atoms with E-state index in [2.05, 4.69) is 10.4 Å². The first-order chi connectivity index (χ1) is 20.3. The Balaban J connectivity index is 1.82. The average molecular weight is 586 g/mol. The van der Waals surface area contributed by atoms with Crippen molar-refractivity contribution in [2.24, 2.45) is 0 Å². The van der Waals surface area contributed by atoms with Crippen LogP contribution >= 0.6 is 0 Å². The number of aromatic nitrogens is 2. The number of nitrogens with zero attached hydrogens (tertiary/aromatic N) is 2. The summed E-state index contributed by atoms with van der Waals surface area (Å²) in [7, 11) is 1.32. The molecule has 1 aromatic heterocycles. The monoisotopic (exact) mass is 585 g/mol. The van der Waals surface area contributed by atoms with Gasteiger partial charge in [-0.15, -0.1) is 5.10 Å². The Labute approximate surface area is 248 Å². The van der Waals surface area contributed by atoms with Gasteiger partial charge in [-0.3, -0.25) is 14.4 Å². The van der Waals surface area contributed by atoms with Gasteiger partial charge >= 0.3 is 5.97 Å². The molecule has 1 amide bonds. The van der Waals surface area contributed by atoms with Crippen LogP contribution < -0.4 is 15.6 Å². The molecule has 3 aromatic carbocycles. The number of Topliss-reactive ketones (excluding diaryl/α,β-unsaturated/α-hetero) is 1. The van der Waals surface area contributed by atoms with Gasteiger partial charge in [0.25, 0.3) is 5.56 Å². The Hall–Kier alpha value is -5.12. The van der Waals surface area contributed by atoms with Gasteiger partial charge in [-0.25, -0.2) is 13.9 Å². The van der Waals surface area contributed by atoms with Crippen molar-refractivity contribution in [2.45, 2.75) is 45.6 Å². The highest BCUT2D eigenvalue weighted by Crippen LogP contribution is 2.32. The molecule has 0 saturated carbocycles. The summed E-state index contributed by atoms with van der Waals surface area (Å²) in [5, 5.41) is 16.8. The molecule has 0 aliphatic rings. The molecule has 0 saturated heterocycles. The van der Waals surface area contributed by atoms with Gasteiger partial charge in [0.1, 0.15) is 11.9 Å². The lowest BCUT2D eigenvalue weighted by atomic mass is 9.83. The average Bonchev–Trinajstić information content (AvgIpc) is 2.95. The third kappa shape index (κ3) is 6.86. The topological polar surface area (TPSA) is 128 Å².